The molecule has 7 nitrogen and oxygen atoms in total. The summed E-state index contributed by atoms with van der Waals surface area (Å²) >= 11 is 0. The van der Waals surface area contributed by atoms with E-state index in [1.165, 1.54) is 43.4 Å². The molecular formula is C15H12FN3O4S. The summed E-state index contributed by atoms with van der Waals surface area (Å²) in [5.41, 5.74) is 0.564. The van der Waals surface area contributed by atoms with Crippen LogP contribution in [0.25, 0.3) is 10.9 Å². The molecule has 3 rings (SSSR count). The van der Waals surface area contributed by atoms with E-state index < -0.39 is 21.8 Å². The molecule has 1 aromatic heterocycles. The first-order valence-electron chi connectivity index (χ1n) is 6.81. The van der Waals surface area contributed by atoms with Crippen LogP contribution in [-0.4, -0.2) is 31.6 Å². The van der Waals surface area contributed by atoms with Crippen molar-refractivity contribution in [2.75, 3.05) is 7.05 Å². The number of aromatic nitrogens is 2. The van der Waals surface area contributed by atoms with Crippen LogP contribution >= 0.6 is 0 Å². The predicted molar refractivity (Wildman–Crippen MR) is 83.7 cm³/mol. The van der Waals surface area contributed by atoms with Gasteiger partial charge in [0.1, 0.15) is 16.5 Å². The highest BCUT2D eigenvalue weighted by Gasteiger charge is 2.20. The molecule has 0 aliphatic carbocycles. The standard InChI is InChI=1S/C15H12FN3O4S/c1-17-15(20)14-12-8-11(5-6-13(12)18-19-14)24(21,22)23-10-4-2-3-9(16)7-10/h2-8H,1H3,(H,17,20)(H,18,19). The minimum atomic E-state index is -4.19. The molecule has 0 aliphatic rings. The number of carbonyl (C=O) groups is 1. The Kier molecular flexibility index (Phi) is 3.94. The van der Waals surface area contributed by atoms with Gasteiger partial charge in [0.25, 0.3) is 5.91 Å². The highest BCUT2D eigenvalue weighted by atomic mass is 32.2. The molecule has 0 aliphatic heterocycles. The highest BCUT2D eigenvalue weighted by molar-refractivity contribution is 7.87. The van der Waals surface area contributed by atoms with Crippen LogP contribution in [0.3, 0.4) is 0 Å². The Labute approximate surface area is 136 Å². The first kappa shape index (κ1) is 15.9. The van der Waals surface area contributed by atoms with Gasteiger partial charge in [-0.2, -0.15) is 13.5 Å². The number of nitrogens with one attached hydrogen (secondary N) is 2. The van der Waals surface area contributed by atoms with Crippen LogP contribution in [0, 0.1) is 5.82 Å². The minimum absolute atomic E-state index is 0.0651. The Hall–Kier alpha value is -2.94. The lowest BCUT2D eigenvalue weighted by Gasteiger charge is -2.07. The molecule has 0 fully saturated rings. The summed E-state index contributed by atoms with van der Waals surface area (Å²) in [5, 5.41) is 9.26. The fraction of sp³-hybridized carbons (Fsp3) is 0.0667. The molecule has 0 atom stereocenters. The van der Waals surface area contributed by atoms with E-state index in [1.54, 1.807) is 0 Å². The van der Waals surface area contributed by atoms with Gasteiger partial charge in [-0.3, -0.25) is 9.89 Å². The minimum Gasteiger partial charge on any atom is -0.379 e. The van der Waals surface area contributed by atoms with E-state index in [1.807, 2.05) is 0 Å². The van der Waals surface area contributed by atoms with Crippen molar-refractivity contribution in [2.45, 2.75) is 4.90 Å². The lowest BCUT2D eigenvalue weighted by molar-refractivity contribution is 0.0959. The number of amides is 1. The maximum Gasteiger partial charge on any atom is 0.339 e. The predicted octanol–water partition coefficient (Wildman–Crippen LogP) is 1.83. The second-order valence-corrected chi connectivity index (χ2v) is 6.40. The zero-order valence-electron chi connectivity index (χ0n) is 12.4. The van der Waals surface area contributed by atoms with Crippen molar-refractivity contribution in [3.63, 3.8) is 0 Å². The summed E-state index contributed by atoms with van der Waals surface area (Å²) in [6, 6.07) is 8.85. The Morgan fingerprint density at radius 3 is 2.75 bits per heavy atom. The van der Waals surface area contributed by atoms with Crippen molar-refractivity contribution >= 4 is 26.9 Å². The molecule has 2 aromatic carbocycles. The molecule has 0 unspecified atom stereocenters. The molecule has 0 saturated carbocycles. The highest BCUT2D eigenvalue weighted by Crippen LogP contribution is 2.24. The first-order chi connectivity index (χ1) is 11.4. The maximum absolute atomic E-state index is 13.2. The quantitative estimate of drug-likeness (QED) is 0.700. The van der Waals surface area contributed by atoms with Crippen molar-refractivity contribution in [3.05, 3.63) is 54.0 Å². The Morgan fingerprint density at radius 1 is 1.25 bits per heavy atom. The third-order valence-corrected chi connectivity index (χ3v) is 4.51. The van der Waals surface area contributed by atoms with E-state index in [-0.39, 0.29) is 16.3 Å². The largest absolute Gasteiger partial charge is 0.379 e. The molecule has 9 heteroatoms. The zero-order chi connectivity index (χ0) is 17.3. The monoisotopic (exact) mass is 349 g/mol. The van der Waals surface area contributed by atoms with Crippen LogP contribution in [0.1, 0.15) is 10.5 Å². The summed E-state index contributed by atoms with van der Waals surface area (Å²) in [6.07, 6.45) is 0. The molecule has 0 bridgehead atoms. The number of nitrogens with zero attached hydrogens (tertiary/aromatic N) is 1. The Morgan fingerprint density at radius 2 is 2.04 bits per heavy atom. The van der Waals surface area contributed by atoms with Gasteiger partial charge >= 0.3 is 10.1 Å². The molecule has 0 radical (unpaired) electrons. The number of carbonyl (C=O) groups excluding carboxylic acids is 1. The van der Waals surface area contributed by atoms with Crippen molar-refractivity contribution in [2.24, 2.45) is 0 Å². The van der Waals surface area contributed by atoms with Crippen LogP contribution in [0.15, 0.2) is 47.4 Å². The number of benzene rings is 2. The molecular weight excluding hydrogens is 337 g/mol. The van der Waals surface area contributed by atoms with Crippen molar-refractivity contribution in [3.8, 4) is 5.75 Å². The van der Waals surface area contributed by atoms with Crippen molar-refractivity contribution < 1.29 is 21.8 Å². The summed E-state index contributed by atoms with van der Waals surface area (Å²) in [6.45, 7) is 0. The topological polar surface area (TPSA) is 101 Å². The number of H-pyrrole nitrogens is 1. The third kappa shape index (κ3) is 2.93. The van der Waals surface area contributed by atoms with Crippen LogP contribution < -0.4 is 9.50 Å². The van der Waals surface area contributed by atoms with Crippen LogP contribution in [-0.2, 0) is 10.1 Å². The van der Waals surface area contributed by atoms with Crippen LogP contribution in [0.4, 0.5) is 4.39 Å². The smallest absolute Gasteiger partial charge is 0.339 e. The van der Waals surface area contributed by atoms with E-state index in [2.05, 4.69) is 15.5 Å². The third-order valence-electron chi connectivity index (χ3n) is 3.27. The van der Waals surface area contributed by atoms with E-state index in [9.17, 15) is 17.6 Å². The van der Waals surface area contributed by atoms with Gasteiger partial charge in [-0.05, 0) is 30.3 Å². The lowest BCUT2D eigenvalue weighted by Crippen LogP contribution is -2.18. The summed E-state index contributed by atoms with van der Waals surface area (Å²) in [4.78, 5) is 11.6. The van der Waals surface area contributed by atoms with E-state index >= 15 is 0 Å². The number of hydrogen-bond acceptors (Lipinski definition) is 5. The second kappa shape index (κ2) is 5.93. The molecule has 124 valence electrons. The van der Waals surface area contributed by atoms with Crippen molar-refractivity contribution in [1.29, 1.82) is 0 Å². The molecule has 0 spiro atoms. The average Bonchev–Trinajstić information content (AvgIpc) is 2.97. The zero-order valence-corrected chi connectivity index (χ0v) is 13.2. The molecule has 24 heavy (non-hydrogen) atoms. The van der Waals surface area contributed by atoms with Gasteiger partial charge in [0.2, 0.25) is 0 Å². The van der Waals surface area contributed by atoms with Gasteiger partial charge in [-0.15, -0.1) is 0 Å². The number of aromatic amines is 1. The van der Waals surface area contributed by atoms with E-state index in [0.717, 1.165) is 6.07 Å². The van der Waals surface area contributed by atoms with E-state index in [4.69, 9.17) is 4.18 Å². The molecule has 2 N–H and O–H groups in total. The Bertz CT molecular complexity index is 1030. The van der Waals surface area contributed by atoms with Crippen LogP contribution in [0.5, 0.6) is 5.75 Å². The van der Waals surface area contributed by atoms with Gasteiger partial charge in [-0.1, -0.05) is 6.07 Å². The summed E-state index contributed by atoms with van der Waals surface area (Å²) < 4.78 is 42.8. The van der Waals surface area contributed by atoms with Gasteiger partial charge < -0.3 is 9.50 Å². The average molecular weight is 349 g/mol. The summed E-state index contributed by atoms with van der Waals surface area (Å²) in [7, 11) is -2.75. The number of hydrogen-bond donors (Lipinski definition) is 2. The second-order valence-electron chi connectivity index (χ2n) is 4.85. The molecule has 3 aromatic rings. The SMILES string of the molecule is CNC(=O)c1n[nH]c2ccc(S(=O)(=O)Oc3cccc(F)c3)cc12. The maximum atomic E-state index is 13.2. The van der Waals surface area contributed by atoms with Gasteiger partial charge in [0.15, 0.2) is 5.69 Å². The van der Waals surface area contributed by atoms with Crippen molar-refractivity contribution in [1.82, 2.24) is 15.5 Å². The molecule has 1 heterocycles. The fourth-order valence-electron chi connectivity index (χ4n) is 2.13. The lowest BCUT2D eigenvalue weighted by atomic mass is 10.2. The van der Waals surface area contributed by atoms with E-state index in [0.29, 0.717) is 10.9 Å². The normalized spacial score (nSPS) is 11.4. The first-order valence-corrected chi connectivity index (χ1v) is 8.22. The molecule has 0 saturated heterocycles. The van der Waals surface area contributed by atoms with Crippen LogP contribution in [0.2, 0.25) is 0 Å². The fourth-order valence-corrected chi connectivity index (χ4v) is 3.08. The van der Waals surface area contributed by atoms with Gasteiger partial charge in [-0.25, -0.2) is 4.39 Å². The van der Waals surface area contributed by atoms with Gasteiger partial charge in [0.05, 0.1) is 5.52 Å². The Balaban J connectivity index is 2.03. The summed E-state index contributed by atoms with van der Waals surface area (Å²) in [5.74, 6) is -1.22. The molecule has 1 amide bonds. The number of halogens is 1. The van der Waals surface area contributed by atoms with Gasteiger partial charge in [0, 0.05) is 18.5 Å². The number of fused-ring (bicyclic) bond motifs is 1. The number of rotatable bonds is 4.